The molecule has 28 heavy (non-hydrogen) atoms. The van der Waals surface area contributed by atoms with E-state index in [0.29, 0.717) is 12.5 Å². The first-order valence-corrected chi connectivity index (χ1v) is 10.5. The Hall–Kier alpha value is -2.49. The van der Waals surface area contributed by atoms with E-state index in [1.54, 1.807) is 0 Å². The minimum Gasteiger partial charge on any atom is -0.369 e. The van der Waals surface area contributed by atoms with Crippen LogP contribution in [-0.4, -0.2) is 66.6 Å². The molecule has 1 aromatic heterocycles. The molecule has 2 fully saturated rings. The Labute approximate surface area is 167 Å². The SMILES string of the molecule is C[C@@H]1CCN(C(=O)N2CCCC(C#N)C2)CC1N(C)c1ccnc2c1CCN2. The highest BCUT2D eigenvalue weighted by molar-refractivity contribution is 5.75. The smallest absolute Gasteiger partial charge is 0.320 e. The standard InChI is InChI=1S/C21H30N6O/c1-15-7-11-27(21(28)26-10-3-4-16(12-22)13-26)14-19(15)25(2)18-6-9-24-20-17(18)5-8-23-20/h6,9,15-16,19H,3-5,7-8,10-11,13-14H2,1-2H3,(H,23,24)/t15-,16?,19?/m1/s1. The molecule has 4 rings (SSSR count). The second-order valence-electron chi connectivity index (χ2n) is 8.42. The molecule has 4 heterocycles. The number of nitrogens with zero attached hydrogens (tertiary/aromatic N) is 5. The zero-order valence-electron chi connectivity index (χ0n) is 16.9. The van der Waals surface area contributed by atoms with Crippen molar-refractivity contribution in [2.24, 2.45) is 11.8 Å². The van der Waals surface area contributed by atoms with Crippen molar-refractivity contribution < 1.29 is 4.79 Å². The molecule has 150 valence electrons. The van der Waals surface area contributed by atoms with Gasteiger partial charge in [-0.15, -0.1) is 0 Å². The van der Waals surface area contributed by atoms with Gasteiger partial charge in [-0.05, 0) is 37.7 Å². The van der Waals surface area contributed by atoms with Crippen molar-refractivity contribution in [2.45, 2.75) is 38.6 Å². The third kappa shape index (κ3) is 3.48. The van der Waals surface area contributed by atoms with E-state index < -0.39 is 0 Å². The number of rotatable bonds is 2. The Morgan fingerprint density at radius 3 is 2.96 bits per heavy atom. The van der Waals surface area contributed by atoms with Crippen molar-refractivity contribution in [3.8, 4) is 6.07 Å². The van der Waals surface area contributed by atoms with Gasteiger partial charge in [0.05, 0.1) is 12.0 Å². The van der Waals surface area contributed by atoms with Crippen LogP contribution in [0.3, 0.4) is 0 Å². The fourth-order valence-corrected chi connectivity index (χ4v) is 4.88. The fourth-order valence-electron chi connectivity index (χ4n) is 4.88. The van der Waals surface area contributed by atoms with Gasteiger partial charge in [0.2, 0.25) is 0 Å². The summed E-state index contributed by atoms with van der Waals surface area (Å²) < 4.78 is 0. The maximum atomic E-state index is 13.1. The first-order chi connectivity index (χ1) is 13.6. The molecule has 0 saturated carbocycles. The lowest BCUT2D eigenvalue weighted by molar-refractivity contribution is 0.113. The van der Waals surface area contributed by atoms with Gasteiger partial charge in [0.1, 0.15) is 5.82 Å². The van der Waals surface area contributed by atoms with Crippen LogP contribution in [0, 0.1) is 23.2 Å². The van der Waals surface area contributed by atoms with Crippen LogP contribution in [0.25, 0.3) is 0 Å². The Morgan fingerprint density at radius 1 is 1.32 bits per heavy atom. The van der Waals surface area contributed by atoms with Crippen LogP contribution < -0.4 is 10.2 Å². The molecule has 0 spiro atoms. The second-order valence-corrected chi connectivity index (χ2v) is 8.42. The number of nitriles is 1. The molecule has 2 unspecified atom stereocenters. The second kappa shape index (κ2) is 7.86. The quantitative estimate of drug-likeness (QED) is 0.851. The van der Waals surface area contributed by atoms with E-state index in [1.165, 1.54) is 11.3 Å². The lowest BCUT2D eigenvalue weighted by Crippen LogP contribution is -2.56. The Kier molecular flexibility index (Phi) is 5.29. The van der Waals surface area contributed by atoms with Crippen molar-refractivity contribution in [3.63, 3.8) is 0 Å². The maximum Gasteiger partial charge on any atom is 0.320 e. The van der Waals surface area contributed by atoms with Crippen LogP contribution in [0.5, 0.6) is 0 Å². The number of anilines is 2. The van der Waals surface area contributed by atoms with Crippen molar-refractivity contribution >= 4 is 17.5 Å². The van der Waals surface area contributed by atoms with Crippen LogP contribution in [0.2, 0.25) is 0 Å². The maximum absolute atomic E-state index is 13.1. The van der Waals surface area contributed by atoms with E-state index in [0.717, 1.165) is 57.7 Å². The van der Waals surface area contributed by atoms with Crippen LogP contribution in [0.4, 0.5) is 16.3 Å². The molecule has 3 atom stereocenters. The van der Waals surface area contributed by atoms with E-state index in [2.05, 4.69) is 41.3 Å². The van der Waals surface area contributed by atoms with E-state index in [4.69, 9.17) is 0 Å². The summed E-state index contributed by atoms with van der Waals surface area (Å²) in [7, 11) is 2.15. The average molecular weight is 383 g/mol. The van der Waals surface area contributed by atoms with Crippen molar-refractivity contribution in [3.05, 3.63) is 17.8 Å². The molecule has 3 aliphatic heterocycles. The number of carbonyl (C=O) groups is 1. The molecule has 0 bridgehead atoms. The van der Waals surface area contributed by atoms with Gasteiger partial charge in [0.25, 0.3) is 0 Å². The number of aromatic nitrogens is 1. The number of hydrogen-bond acceptors (Lipinski definition) is 5. The summed E-state index contributed by atoms with van der Waals surface area (Å²) in [6.07, 6.45) is 5.70. The summed E-state index contributed by atoms with van der Waals surface area (Å²) >= 11 is 0. The number of likely N-dealkylation sites (N-methyl/N-ethyl adjacent to an activating group) is 1. The summed E-state index contributed by atoms with van der Waals surface area (Å²) in [6, 6.07) is 4.82. The minimum atomic E-state index is -0.0215. The number of fused-ring (bicyclic) bond motifs is 1. The predicted molar refractivity (Wildman–Crippen MR) is 109 cm³/mol. The molecule has 0 radical (unpaired) electrons. The lowest BCUT2D eigenvalue weighted by atomic mass is 9.91. The summed E-state index contributed by atoms with van der Waals surface area (Å²) in [4.78, 5) is 23.8. The number of urea groups is 1. The number of nitrogens with one attached hydrogen (secondary N) is 1. The molecule has 7 heteroatoms. The highest BCUT2D eigenvalue weighted by Gasteiger charge is 2.35. The molecule has 2 amide bonds. The van der Waals surface area contributed by atoms with Crippen LogP contribution >= 0.6 is 0 Å². The Bertz CT molecular complexity index is 775. The van der Waals surface area contributed by atoms with E-state index in [9.17, 15) is 10.1 Å². The highest BCUT2D eigenvalue weighted by atomic mass is 16.2. The molecule has 7 nitrogen and oxygen atoms in total. The Balaban J connectivity index is 1.48. The Morgan fingerprint density at radius 2 is 2.14 bits per heavy atom. The average Bonchev–Trinajstić information content (AvgIpc) is 3.22. The van der Waals surface area contributed by atoms with Gasteiger partial charge in [-0.25, -0.2) is 9.78 Å². The molecule has 1 N–H and O–H groups in total. The summed E-state index contributed by atoms with van der Waals surface area (Å²) in [5.41, 5.74) is 2.51. The van der Waals surface area contributed by atoms with E-state index >= 15 is 0 Å². The van der Waals surface area contributed by atoms with E-state index in [1.807, 2.05) is 16.0 Å². The first kappa shape index (κ1) is 18.9. The van der Waals surface area contributed by atoms with Crippen molar-refractivity contribution in [1.29, 1.82) is 5.26 Å². The number of hydrogen-bond donors (Lipinski definition) is 1. The van der Waals surface area contributed by atoms with Gasteiger partial charge in [0.15, 0.2) is 0 Å². The minimum absolute atomic E-state index is 0.0215. The van der Waals surface area contributed by atoms with Gasteiger partial charge in [-0.1, -0.05) is 6.92 Å². The number of amides is 2. The largest absolute Gasteiger partial charge is 0.369 e. The highest BCUT2D eigenvalue weighted by Crippen LogP contribution is 2.33. The van der Waals surface area contributed by atoms with Gasteiger partial charge in [0, 0.05) is 63.3 Å². The van der Waals surface area contributed by atoms with Crippen molar-refractivity contribution in [1.82, 2.24) is 14.8 Å². The van der Waals surface area contributed by atoms with Gasteiger partial charge >= 0.3 is 6.03 Å². The summed E-state index contributed by atoms with van der Waals surface area (Å²) in [5.74, 6) is 1.49. The normalized spacial score (nSPS) is 27.0. The van der Waals surface area contributed by atoms with E-state index in [-0.39, 0.29) is 18.0 Å². The topological polar surface area (TPSA) is 75.5 Å². The van der Waals surface area contributed by atoms with Gasteiger partial charge in [-0.2, -0.15) is 5.26 Å². The molecule has 2 saturated heterocycles. The fraction of sp³-hybridized carbons (Fsp3) is 0.667. The summed E-state index contributed by atoms with van der Waals surface area (Å²) in [6.45, 7) is 6.10. The third-order valence-electron chi connectivity index (χ3n) is 6.64. The van der Waals surface area contributed by atoms with Crippen LogP contribution in [0.1, 0.15) is 31.7 Å². The van der Waals surface area contributed by atoms with Gasteiger partial charge in [-0.3, -0.25) is 0 Å². The van der Waals surface area contributed by atoms with Crippen molar-refractivity contribution in [2.75, 3.05) is 50.0 Å². The number of piperidine rings is 2. The zero-order chi connectivity index (χ0) is 19.7. The van der Waals surface area contributed by atoms with Gasteiger partial charge < -0.3 is 20.0 Å². The molecular weight excluding hydrogens is 352 g/mol. The molecule has 1 aromatic rings. The number of pyridine rings is 1. The molecular formula is C21H30N6O. The predicted octanol–water partition coefficient (Wildman–Crippen LogP) is 2.55. The zero-order valence-corrected chi connectivity index (χ0v) is 16.9. The molecule has 0 aromatic carbocycles. The third-order valence-corrected chi connectivity index (χ3v) is 6.64. The lowest BCUT2D eigenvalue weighted by Gasteiger charge is -2.44. The van der Waals surface area contributed by atoms with Crippen LogP contribution in [0.15, 0.2) is 12.3 Å². The summed E-state index contributed by atoms with van der Waals surface area (Å²) in [5, 5.41) is 12.6. The molecule has 3 aliphatic rings. The monoisotopic (exact) mass is 382 g/mol. The number of likely N-dealkylation sites (tertiary alicyclic amines) is 2. The van der Waals surface area contributed by atoms with Crippen LogP contribution in [-0.2, 0) is 6.42 Å². The molecule has 0 aliphatic carbocycles. The number of carbonyl (C=O) groups excluding carboxylic acids is 1. The first-order valence-electron chi connectivity index (χ1n) is 10.5.